The molecule has 0 saturated carbocycles. The van der Waals surface area contributed by atoms with Gasteiger partial charge in [0, 0.05) is 38.0 Å². The normalized spacial score (nSPS) is 44.5. The van der Waals surface area contributed by atoms with Crippen molar-refractivity contribution < 1.29 is 53.1 Å². The fraction of sp³-hybridized carbons (Fsp3) is 0.714. The molecule has 4 rings (SSSR count). The lowest BCUT2D eigenvalue weighted by atomic mass is 9.55. The number of rotatable bonds is 5. The van der Waals surface area contributed by atoms with Crippen molar-refractivity contribution in [2.75, 3.05) is 0 Å². The second kappa shape index (κ2) is 9.71. The van der Waals surface area contributed by atoms with E-state index in [9.17, 15) is 29.4 Å². The van der Waals surface area contributed by atoms with Gasteiger partial charge in [-0.05, 0) is 44.9 Å². The van der Waals surface area contributed by atoms with Crippen LogP contribution in [0.25, 0.3) is 0 Å². The third-order valence-electron chi connectivity index (χ3n) is 8.74. The molecule has 0 radical (unpaired) electrons. The van der Waals surface area contributed by atoms with Crippen molar-refractivity contribution in [3.05, 3.63) is 23.8 Å². The highest BCUT2D eigenvalue weighted by molar-refractivity contribution is 5.89. The number of hydrogen-bond donors (Lipinski definition) is 2. The van der Waals surface area contributed by atoms with Crippen LogP contribution in [0.5, 0.6) is 0 Å². The van der Waals surface area contributed by atoms with Crippen LogP contribution < -0.4 is 0 Å². The van der Waals surface area contributed by atoms with Gasteiger partial charge in [0.05, 0.1) is 6.10 Å². The summed E-state index contributed by atoms with van der Waals surface area (Å²) in [5.41, 5.74) is -5.90. The molecule has 11 heteroatoms. The predicted molar refractivity (Wildman–Crippen MR) is 134 cm³/mol. The molecule has 0 aromatic rings. The van der Waals surface area contributed by atoms with E-state index < -0.39 is 82.5 Å². The average Bonchev–Trinajstić information content (AvgIpc) is 3.40. The minimum Gasteiger partial charge on any atom is -0.462 e. The second-order valence-corrected chi connectivity index (χ2v) is 11.6. The Bertz CT molecular complexity index is 1120. The van der Waals surface area contributed by atoms with Crippen molar-refractivity contribution in [3.8, 4) is 0 Å². The van der Waals surface area contributed by atoms with Gasteiger partial charge in [-0.25, -0.2) is 4.79 Å². The molecule has 1 spiro atoms. The molecule has 2 N–H and O–H groups in total. The van der Waals surface area contributed by atoms with E-state index in [0.717, 1.165) is 0 Å². The maximum Gasteiger partial charge on any atom is 0.342 e. The van der Waals surface area contributed by atoms with E-state index in [2.05, 4.69) is 0 Å². The lowest BCUT2D eigenvalue weighted by molar-refractivity contribution is -0.220. The van der Waals surface area contributed by atoms with Crippen molar-refractivity contribution in [3.63, 3.8) is 0 Å². The molecule has 2 heterocycles. The van der Waals surface area contributed by atoms with Crippen LogP contribution in [0.2, 0.25) is 0 Å². The van der Waals surface area contributed by atoms with Gasteiger partial charge in [0.15, 0.2) is 17.3 Å². The molecule has 2 saturated heterocycles. The number of hydrogen-bond acceptors (Lipinski definition) is 11. The maximum atomic E-state index is 13.0. The fourth-order valence-electron chi connectivity index (χ4n) is 6.66. The molecule has 0 aromatic carbocycles. The SMILES string of the molecule is CCCC(=O)OC1C=CC2(C)C(OC(C)=O)CC(O)C(C)=CC3OC(=O)C4(C)OC34C(OC(C)=O)C2C1(C)O. The number of ether oxygens (including phenoxy) is 5. The van der Waals surface area contributed by atoms with Crippen LogP contribution >= 0.6 is 0 Å². The van der Waals surface area contributed by atoms with Crippen LogP contribution in [-0.2, 0) is 42.9 Å². The van der Waals surface area contributed by atoms with Gasteiger partial charge < -0.3 is 33.9 Å². The average molecular weight is 551 g/mol. The van der Waals surface area contributed by atoms with Crippen LogP contribution in [0.15, 0.2) is 23.8 Å². The molecule has 0 amide bonds. The van der Waals surface area contributed by atoms with E-state index >= 15 is 0 Å². The van der Waals surface area contributed by atoms with Crippen LogP contribution in [0.1, 0.15) is 67.7 Å². The summed E-state index contributed by atoms with van der Waals surface area (Å²) in [5, 5.41) is 23.4. The first kappa shape index (κ1) is 29.2. The van der Waals surface area contributed by atoms with E-state index in [1.807, 2.05) is 6.92 Å². The Morgan fingerprint density at radius 3 is 2.31 bits per heavy atom. The lowest BCUT2D eigenvalue weighted by Gasteiger charge is -2.55. The van der Waals surface area contributed by atoms with Crippen molar-refractivity contribution in [1.29, 1.82) is 0 Å². The largest absolute Gasteiger partial charge is 0.462 e. The molecule has 10 unspecified atom stereocenters. The Balaban J connectivity index is 1.98. The highest BCUT2D eigenvalue weighted by Crippen LogP contribution is 2.65. The van der Waals surface area contributed by atoms with Gasteiger partial charge in [0.25, 0.3) is 0 Å². The fourth-order valence-corrected chi connectivity index (χ4v) is 6.66. The number of aliphatic hydroxyl groups is 2. The number of esters is 4. The highest BCUT2D eigenvalue weighted by Gasteiger charge is 2.87. The number of aliphatic hydroxyl groups excluding tert-OH is 1. The Morgan fingerprint density at radius 2 is 1.74 bits per heavy atom. The third-order valence-corrected chi connectivity index (χ3v) is 8.74. The molecule has 10 atom stereocenters. The smallest absolute Gasteiger partial charge is 0.342 e. The van der Waals surface area contributed by atoms with E-state index in [0.29, 0.717) is 12.0 Å². The second-order valence-electron chi connectivity index (χ2n) is 11.6. The molecule has 2 fully saturated rings. The summed E-state index contributed by atoms with van der Waals surface area (Å²) in [7, 11) is 0. The number of epoxide rings is 1. The summed E-state index contributed by atoms with van der Waals surface area (Å²) >= 11 is 0. The van der Waals surface area contributed by atoms with Crippen LogP contribution in [0.3, 0.4) is 0 Å². The standard InChI is InChI=1S/C28H38O11/c1-8-9-21(32)37-18-10-11-25(5)19(35-15(3)29)13-17(31)14(2)12-20-28(27(7,39-28)24(33)38-20)23(36-16(4)30)22(25)26(18,6)34/h10-12,17-20,22-23,31,34H,8-9,13H2,1-7H3. The quantitative estimate of drug-likeness (QED) is 0.222. The first-order valence-electron chi connectivity index (χ1n) is 13.3. The van der Waals surface area contributed by atoms with E-state index in [1.54, 1.807) is 19.9 Å². The summed E-state index contributed by atoms with van der Waals surface area (Å²) in [5.74, 6) is -3.71. The molecular weight excluding hydrogens is 512 g/mol. The van der Waals surface area contributed by atoms with Crippen LogP contribution in [0.4, 0.5) is 0 Å². The Hall–Kier alpha value is -2.76. The Morgan fingerprint density at radius 1 is 1.10 bits per heavy atom. The van der Waals surface area contributed by atoms with Gasteiger partial charge in [-0.1, -0.05) is 19.9 Å². The van der Waals surface area contributed by atoms with Gasteiger partial charge in [-0.15, -0.1) is 0 Å². The number of fused-ring (bicyclic) bond motifs is 1. The minimum atomic E-state index is -1.92. The molecule has 2 aliphatic heterocycles. The van der Waals surface area contributed by atoms with Gasteiger partial charge in [-0.2, -0.15) is 0 Å². The summed E-state index contributed by atoms with van der Waals surface area (Å²) < 4.78 is 29.1. The van der Waals surface area contributed by atoms with Gasteiger partial charge in [-0.3, -0.25) is 14.4 Å². The lowest BCUT2D eigenvalue weighted by Crippen LogP contribution is -2.67. The zero-order valence-electron chi connectivity index (χ0n) is 23.4. The maximum absolute atomic E-state index is 13.0. The first-order valence-corrected chi connectivity index (χ1v) is 13.3. The van der Waals surface area contributed by atoms with Crippen molar-refractivity contribution in [1.82, 2.24) is 0 Å². The molecule has 0 bridgehead atoms. The first-order chi connectivity index (χ1) is 18.0. The molecule has 39 heavy (non-hydrogen) atoms. The molecule has 2 aliphatic carbocycles. The van der Waals surface area contributed by atoms with E-state index in [4.69, 9.17) is 23.7 Å². The molecule has 216 valence electrons. The van der Waals surface area contributed by atoms with Crippen molar-refractivity contribution in [2.45, 2.75) is 115 Å². The van der Waals surface area contributed by atoms with Gasteiger partial charge in [0.2, 0.25) is 0 Å². The van der Waals surface area contributed by atoms with Crippen molar-refractivity contribution >= 4 is 23.9 Å². The van der Waals surface area contributed by atoms with Crippen LogP contribution in [-0.4, -0.2) is 81.4 Å². The Labute approximate surface area is 227 Å². The monoisotopic (exact) mass is 550 g/mol. The van der Waals surface area contributed by atoms with Crippen LogP contribution in [0, 0.1) is 11.3 Å². The Kier molecular flexibility index (Phi) is 7.27. The summed E-state index contributed by atoms with van der Waals surface area (Å²) in [6.07, 6.45) is -0.415. The van der Waals surface area contributed by atoms with E-state index in [1.165, 1.54) is 39.8 Å². The molecule has 11 nitrogen and oxygen atoms in total. The number of carbonyl (C=O) groups excluding carboxylic acids is 4. The molecule has 0 aromatic heterocycles. The third kappa shape index (κ3) is 4.48. The topological polar surface area (TPSA) is 158 Å². The summed E-state index contributed by atoms with van der Waals surface area (Å²) in [4.78, 5) is 50.4. The molecular formula is C28H38O11. The number of carbonyl (C=O) groups is 4. The zero-order valence-corrected chi connectivity index (χ0v) is 23.4. The van der Waals surface area contributed by atoms with Gasteiger partial charge in [0.1, 0.15) is 23.9 Å². The predicted octanol–water partition coefficient (Wildman–Crippen LogP) is 1.67. The summed E-state index contributed by atoms with van der Waals surface area (Å²) in [6, 6.07) is 0. The molecule has 4 aliphatic rings. The van der Waals surface area contributed by atoms with Crippen molar-refractivity contribution in [2.24, 2.45) is 11.3 Å². The minimum absolute atomic E-state index is 0.0752. The van der Waals surface area contributed by atoms with E-state index in [-0.39, 0.29) is 12.8 Å². The highest BCUT2D eigenvalue weighted by atomic mass is 16.7. The van der Waals surface area contributed by atoms with Gasteiger partial charge >= 0.3 is 23.9 Å². The summed E-state index contributed by atoms with van der Waals surface area (Å²) in [6.45, 7) is 10.5. The zero-order chi connectivity index (χ0) is 29.1.